The number of aliphatic carboxylic acids is 1. The normalized spacial score (nSPS) is 18.0. The highest BCUT2D eigenvalue weighted by molar-refractivity contribution is 5.80. The van der Waals surface area contributed by atoms with Gasteiger partial charge in [-0.25, -0.2) is 14.6 Å². The van der Waals surface area contributed by atoms with Gasteiger partial charge in [0, 0.05) is 19.2 Å². The van der Waals surface area contributed by atoms with Crippen molar-refractivity contribution in [1.82, 2.24) is 9.88 Å². The topological polar surface area (TPSA) is 126 Å². The van der Waals surface area contributed by atoms with E-state index in [0.29, 0.717) is 5.82 Å². The minimum absolute atomic E-state index is 0.0666. The first-order valence-corrected chi connectivity index (χ1v) is 7.66. The van der Waals surface area contributed by atoms with Gasteiger partial charge in [0.1, 0.15) is 23.7 Å². The number of carbonyl (C=O) groups is 2. The van der Waals surface area contributed by atoms with Gasteiger partial charge in [-0.1, -0.05) is 0 Å². The molecule has 1 aromatic rings. The maximum Gasteiger partial charge on any atom is 0.410 e. The predicted molar refractivity (Wildman–Crippen MR) is 87.5 cm³/mol. The number of hydrogen-bond donors (Lipinski definition) is 1. The van der Waals surface area contributed by atoms with E-state index in [1.807, 2.05) is 0 Å². The van der Waals surface area contributed by atoms with Crippen LogP contribution in [0.25, 0.3) is 0 Å². The number of carboxylic acid groups (broad SMARTS) is 1. The summed E-state index contributed by atoms with van der Waals surface area (Å²) in [6.45, 7) is 5.62. The Balaban J connectivity index is 2.15. The quantitative estimate of drug-likeness (QED) is 0.640. The molecule has 10 nitrogen and oxygen atoms in total. The zero-order chi connectivity index (χ0) is 18.8. The van der Waals surface area contributed by atoms with E-state index in [0.717, 1.165) is 6.20 Å². The van der Waals surface area contributed by atoms with Crippen LogP contribution < -0.4 is 4.90 Å². The van der Waals surface area contributed by atoms with Gasteiger partial charge in [-0.2, -0.15) is 0 Å². The molecule has 0 saturated carbocycles. The van der Waals surface area contributed by atoms with Crippen LogP contribution in [-0.4, -0.2) is 63.3 Å². The molecule has 2 rings (SSSR count). The van der Waals surface area contributed by atoms with Crippen molar-refractivity contribution in [2.45, 2.75) is 32.4 Å². The Hall–Kier alpha value is -2.91. The van der Waals surface area contributed by atoms with Crippen LogP contribution >= 0.6 is 0 Å². The molecule has 1 saturated heterocycles. The number of piperazine rings is 1. The van der Waals surface area contributed by atoms with Gasteiger partial charge in [0.25, 0.3) is 5.69 Å². The first-order valence-electron chi connectivity index (χ1n) is 7.66. The largest absolute Gasteiger partial charge is 0.480 e. The summed E-state index contributed by atoms with van der Waals surface area (Å²) in [7, 11) is 0. The molecule has 0 aliphatic carbocycles. The lowest BCUT2D eigenvalue weighted by Crippen LogP contribution is -2.58. The Morgan fingerprint density at radius 1 is 1.36 bits per heavy atom. The molecule has 1 fully saturated rings. The molecular weight excluding hydrogens is 332 g/mol. The van der Waals surface area contributed by atoms with E-state index < -0.39 is 28.6 Å². The summed E-state index contributed by atoms with van der Waals surface area (Å²) in [6, 6.07) is 1.65. The van der Waals surface area contributed by atoms with Crippen LogP contribution in [0.2, 0.25) is 0 Å². The average molecular weight is 352 g/mol. The molecule has 25 heavy (non-hydrogen) atoms. The third-order valence-electron chi connectivity index (χ3n) is 3.55. The third kappa shape index (κ3) is 4.55. The molecule has 10 heteroatoms. The third-order valence-corrected chi connectivity index (χ3v) is 3.55. The Kier molecular flexibility index (Phi) is 5.10. The van der Waals surface area contributed by atoms with Crippen molar-refractivity contribution in [2.24, 2.45) is 0 Å². The van der Waals surface area contributed by atoms with Crippen molar-refractivity contribution in [1.29, 1.82) is 0 Å². The van der Waals surface area contributed by atoms with E-state index in [1.165, 1.54) is 21.9 Å². The standard InChI is InChI=1S/C15H20N4O6/c1-15(2,3)25-14(22)17-6-7-18(11(9-17)13(20)21)12-5-4-10(8-16-12)19(23)24/h4-5,8,11H,6-7,9H2,1-3H3,(H,20,21). The first-order chi connectivity index (χ1) is 11.6. The molecule has 1 atom stereocenters. The number of aromatic nitrogens is 1. The number of amides is 1. The molecule has 1 aliphatic heterocycles. The Morgan fingerprint density at radius 3 is 2.52 bits per heavy atom. The van der Waals surface area contributed by atoms with E-state index >= 15 is 0 Å². The Labute approximate surface area is 144 Å². The number of nitrogens with zero attached hydrogens (tertiary/aromatic N) is 4. The van der Waals surface area contributed by atoms with Crippen LogP contribution in [0.4, 0.5) is 16.3 Å². The van der Waals surface area contributed by atoms with Gasteiger partial charge < -0.3 is 19.6 Å². The van der Waals surface area contributed by atoms with Crippen LogP contribution in [0, 0.1) is 10.1 Å². The van der Waals surface area contributed by atoms with E-state index in [1.54, 1.807) is 20.8 Å². The average Bonchev–Trinajstić information content (AvgIpc) is 2.52. The summed E-state index contributed by atoms with van der Waals surface area (Å²) in [4.78, 5) is 40.7. The van der Waals surface area contributed by atoms with Crippen LogP contribution in [0.3, 0.4) is 0 Å². The fourth-order valence-electron chi connectivity index (χ4n) is 2.42. The van der Waals surface area contributed by atoms with Crippen LogP contribution in [0.1, 0.15) is 20.8 Å². The summed E-state index contributed by atoms with van der Waals surface area (Å²) in [5.41, 5.74) is -0.852. The lowest BCUT2D eigenvalue weighted by molar-refractivity contribution is -0.385. The molecule has 0 bridgehead atoms. The maximum atomic E-state index is 12.1. The van der Waals surface area contributed by atoms with Gasteiger partial charge in [-0.05, 0) is 26.8 Å². The van der Waals surface area contributed by atoms with Crippen molar-refractivity contribution in [3.63, 3.8) is 0 Å². The zero-order valence-corrected chi connectivity index (χ0v) is 14.2. The van der Waals surface area contributed by atoms with E-state index in [9.17, 15) is 24.8 Å². The molecule has 0 spiro atoms. The number of pyridine rings is 1. The SMILES string of the molecule is CC(C)(C)OC(=O)N1CCN(c2ccc([N+](=O)[O-])cn2)C(C(=O)O)C1. The molecular formula is C15H20N4O6. The van der Waals surface area contributed by atoms with Gasteiger partial charge in [-0.3, -0.25) is 10.1 Å². The van der Waals surface area contributed by atoms with E-state index in [4.69, 9.17) is 4.74 Å². The summed E-state index contributed by atoms with van der Waals surface area (Å²) in [5, 5.41) is 20.2. The second-order valence-corrected chi connectivity index (χ2v) is 6.61. The molecule has 136 valence electrons. The number of nitro groups is 1. The molecule has 2 heterocycles. The molecule has 1 unspecified atom stereocenters. The van der Waals surface area contributed by atoms with Crippen molar-refractivity contribution in [2.75, 3.05) is 24.5 Å². The van der Waals surface area contributed by atoms with Crippen molar-refractivity contribution >= 4 is 23.6 Å². The van der Waals surface area contributed by atoms with Gasteiger partial charge >= 0.3 is 12.1 Å². The van der Waals surface area contributed by atoms with Gasteiger partial charge in [-0.15, -0.1) is 0 Å². The number of hydrogen-bond acceptors (Lipinski definition) is 7. The highest BCUT2D eigenvalue weighted by atomic mass is 16.6. The zero-order valence-electron chi connectivity index (χ0n) is 14.2. The number of carbonyl (C=O) groups excluding carboxylic acids is 1. The van der Waals surface area contributed by atoms with E-state index in [2.05, 4.69) is 4.98 Å². The van der Waals surface area contributed by atoms with Crippen molar-refractivity contribution in [3.05, 3.63) is 28.4 Å². The Bertz CT molecular complexity index is 670. The highest BCUT2D eigenvalue weighted by Crippen LogP contribution is 2.22. The first kappa shape index (κ1) is 18.4. The second kappa shape index (κ2) is 6.91. The monoisotopic (exact) mass is 352 g/mol. The van der Waals surface area contributed by atoms with Crippen LogP contribution in [0.15, 0.2) is 18.3 Å². The van der Waals surface area contributed by atoms with Gasteiger partial charge in [0.05, 0.1) is 11.5 Å². The van der Waals surface area contributed by atoms with Crippen molar-refractivity contribution < 1.29 is 24.4 Å². The number of rotatable bonds is 3. The van der Waals surface area contributed by atoms with Gasteiger partial charge in [0.2, 0.25) is 0 Å². The summed E-state index contributed by atoms with van der Waals surface area (Å²) < 4.78 is 5.27. The summed E-state index contributed by atoms with van der Waals surface area (Å²) in [5.74, 6) is -0.810. The lowest BCUT2D eigenvalue weighted by atomic mass is 10.1. The minimum Gasteiger partial charge on any atom is -0.480 e. The second-order valence-electron chi connectivity index (χ2n) is 6.61. The number of anilines is 1. The fourth-order valence-corrected chi connectivity index (χ4v) is 2.42. The molecule has 1 aromatic heterocycles. The van der Waals surface area contributed by atoms with Crippen molar-refractivity contribution in [3.8, 4) is 0 Å². The predicted octanol–water partition coefficient (Wildman–Crippen LogP) is 1.50. The summed E-state index contributed by atoms with van der Waals surface area (Å²) in [6.07, 6.45) is 0.504. The molecule has 0 aromatic carbocycles. The highest BCUT2D eigenvalue weighted by Gasteiger charge is 2.36. The van der Waals surface area contributed by atoms with Gasteiger partial charge in [0.15, 0.2) is 0 Å². The minimum atomic E-state index is -1.12. The fraction of sp³-hybridized carbons (Fsp3) is 0.533. The van der Waals surface area contributed by atoms with E-state index in [-0.39, 0.29) is 25.3 Å². The van der Waals surface area contributed by atoms with Crippen LogP contribution in [-0.2, 0) is 9.53 Å². The number of carboxylic acids is 1. The molecule has 0 radical (unpaired) electrons. The molecule has 1 N–H and O–H groups in total. The smallest absolute Gasteiger partial charge is 0.410 e. The maximum absolute atomic E-state index is 12.1. The Morgan fingerprint density at radius 2 is 2.04 bits per heavy atom. The van der Waals surface area contributed by atoms with Crippen LogP contribution in [0.5, 0.6) is 0 Å². The lowest BCUT2D eigenvalue weighted by Gasteiger charge is -2.40. The number of ether oxygens (including phenoxy) is 1. The molecule has 1 aliphatic rings. The molecule has 1 amide bonds. The summed E-state index contributed by atoms with van der Waals surface area (Å²) >= 11 is 0.